The van der Waals surface area contributed by atoms with Crippen LogP contribution >= 0.6 is 0 Å². The highest BCUT2D eigenvalue weighted by atomic mass is 19.4. The number of rotatable bonds is 6. The largest absolute Gasteiger partial charge is 0.426 e. The van der Waals surface area contributed by atoms with Gasteiger partial charge in [-0.05, 0) is 87.9 Å². The van der Waals surface area contributed by atoms with Crippen LogP contribution in [-0.2, 0) is 0 Å². The van der Waals surface area contributed by atoms with Gasteiger partial charge in [0.1, 0.15) is 0 Å². The summed E-state index contributed by atoms with van der Waals surface area (Å²) < 4.78 is 154. The molecule has 1 nitrogen and oxygen atoms in total. The number of hydrogen-bond donors (Lipinski definition) is 1. The van der Waals surface area contributed by atoms with Gasteiger partial charge in [-0.15, -0.1) is 0 Å². The van der Waals surface area contributed by atoms with Gasteiger partial charge in [-0.2, -0.15) is 52.7 Å². The second-order valence-electron chi connectivity index (χ2n) is 12.0. The lowest BCUT2D eigenvalue weighted by atomic mass is 9.65. The molecule has 0 aromatic carbocycles. The Bertz CT molecular complexity index is 659. The fraction of sp³-hybridized carbons (Fsp3) is 1.00. The quantitative estimate of drug-likeness (QED) is 0.297. The lowest BCUT2D eigenvalue weighted by Crippen LogP contribution is -2.62. The summed E-state index contributed by atoms with van der Waals surface area (Å²) >= 11 is 0. The molecule has 0 heterocycles. The highest BCUT2D eigenvalue weighted by Crippen LogP contribution is 2.59. The first kappa shape index (κ1) is 37.1. The molecular formula is C27H42F12O. The summed E-state index contributed by atoms with van der Waals surface area (Å²) in [5, 5.41) is 9.34. The molecule has 0 amide bonds. The van der Waals surface area contributed by atoms with Crippen LogP contribution in [0.15, 0.2) is 0 Å². The molecule has 2 atom stereocenters. The third-order valence-electron chi connectivity index (χ3n) is 9.89. The molecule has 2 aliphatic carbocycles. The summed E-state index contributed by atoms with van der Waals surface area (Å²) in [6.45, 7) is 8.22. The van der Waals surface area contributed by atoms with Gasteiger partial charge in [-0.3, -0.25) is 0 Å². The molecule has 2 rings (SSSR count). The smallest absolute Gasteiger partial charge is 0.373 e. The predicted molar refractivity (Wildman–Crippen MR) is 127 cm³/mol. The summed E-state index contributed by atoms with van der Waals surface area (Å²) in [5.41, 5.74) is -8.17. The molecule has 13 heteroatoms. The Morgan fingerprint density at radius 3 is 1.02 bits per heavy atom. The molecule has 0 radical (unpaired) electrons. The summed E-state index contributed by atoms with van der Waals surface area (Å²) in [7, 11) is 0. The van der Waals surface area contributed by atoms with Gasteiger partial charge >= 0.3 is 24.7 Å². The lowest BCUT2D eigenvalue weighted by Gasteiger charge is -2.44. The van der Waals surface area contributed by atoms with E-state index in [1.54, 1.807) is 0 Å². The van der Waals surface area contributed by atoms with Crippen molar-refractivity contribution >= 4 is 0 Å². The van der Waals surface area contributed by atoms with Crippen LogP contribution in [-0.4, -0.2) is 35.4 Å². The van der Waals surface area contributed by atoms with Gasteiger partial charge in [-0.1, -0.05) is 40.5 Å². The molecule has 240 valence electrons. The number of hydrogen-bond acceptors (Lipinski definition) is 1. The molecule has 0 aromatic rings. The molecule has 0 aromatic heterocycles. The Morgan fingerprint density at radius 2 is 0.800 bits per heavy atom. The molecule has 2 saturated carbocycles. The van der Waals surface area contributed by atoms with Gasteiger partial charge in [0.2, 0.25) is 0 Å². The van der Waals surface area contributed by atoms with E-state index < -0.39 is 47.6 Å². The van der Waals surface area contributed by atoms with Gasteiger partial charge in [0.05, 0.1) is 0 Å². The first-order valence-electron chi connectivity index (χ1n) is 13.9. The fourth-order valence-corrected chi connectivity index (χ4v) is 6.29. The van der Waals surface area contributed by atoms with E-state index in [9.17, 15) is 57.8 Å². The molecule has 2 fully saturated rings. The zero-order valence-corrected chi connectivity index (χ0v) is 23.5. The molecule has 1 N–H and O–H groups in total. The van der Waals surface area contributed by atoms with Crippen molar-refractivity contribution in [2.24, 2.45) is 40.9 Å². The van der Waals surface area contributed by atoms with E-state index in [0.29, 0.717) is 38.5 Å². The molecule has 2 unspecified atom stereocenters. The Hall–Kier alpha value is -0.880. The van der Waals surface area contributed by atoms with E-state index in [-0.39, 0.29) is 43.4 Å². The van der Waals surface area contributed by atoms with Crippen molar-refractivity contribution in [1.29, 1.82) is 0 Å². The van der Waals surface area contributed by atoms with Crippen molar-refractivity contribution in [3.05, 3.63) is 0 Å². The van der Waals surface area contributed by atoms with Gasteiger partial charge in [0, 0.05) is 5.92 Å². The Labute approximate surface area is 228 Å². The van der Waals surface area contributed by atoms with Crippen molar-refractivity contribution in [3.63, 3.8) is 0 Å². The number of aliphatic hydroxyl groups is 1. The summed E-state index contributed by atoms with van der Waals surface area (Å²) in [5.74, 6) is -2.13. The van der Waals surface area contributed by atoms with Crippen LogP contribution in [0.3, 0.4) is 0 Å². The van der Waals surface area contributed by atoms with Crippen molar-refractivity contribution in [2.75, 3.05) is 0 Å². The van der Waals surface area contributed by atoms with Crippen molar-refractivity contribution in [1.82, 2.24) is 0 Å². The maximum atomic E-state index is 13.0. The molecule has 2 aliphatic rings. The Kier molecular flexibility index (Phi) is 12.2. The summed E-state index contributed by atoms with van der Waals surface area (Å²) in [6.07, 6.45) is -19.1. The van der Waals surface area contributed by atoms with Gasteiger partial charge in [0.25, 0.3) is 5.60 Å². The second kappa shape index (κ2) is 13.2. The topological polar surface area (TPSA) is 20.2 Å². The maximum absolute atomic E-state index is 13.0. The predicted octanol–water partition coefficient (Wildman–Crippen LogP) is 10.7. The minimum atomic E-state index is -5.70. The first-order valence-corrected chi connectivity index (χ1v) is 13.9. The van der Waals surface area contributed by atoms with Gasteiger partial charge in [-0.25, -0.2) is 0 Å². The minimum Gasteiger partial charge on any atom is -0.373 e. The van der Waals surface area contributed by atoms with Crippen LogP contribution < -0.4 is 0 Å². The van der Waals surface area contributed by atoms with Crippen molar-refractivity contribution in [3.8, 4) is 0 Å². The zero-order valence-electron chi connectivity index (χ0n) is 23.5. The van der Waals surface area contributed by atoms with Crippen LogP contribution in [0.25, 0.3) is 0 Å². The Morgan fingerprint density at radius 1 is 0.525 bits per heavy atom. The SMILES string of the molecule is CCC(C)C1CCC(C(C)(C(F)(F)F)C(F)(F)F)CC1.CCC(C)C1CCC(C(O)(C(F)(F)F)C(F)(F)F)CC1. The highest BCUT2D eigenvalue weighted by Gasteiger charge is 2.73. The third kappa shape index (κ3) is 7.74. The normalized spacial score (nSPS) is 27.4. The van der Waals surface area contributed by atoms with E-state index in [0.717, 1.165) is 12.8 Å². The van der Waals surface area contributed by atoms with E-state index in [2.05, 4.69) is 0 Å². The molecule has 0 spiro atoms. The summed E-state index contributed by atoms with van der Waals surface area (Å²) in [6, 6.07) is 0. The van der Waals surface area contributed by atoms with Crippen LogP contribution in [0.2, 0.25) is 0 Å². The van der Waals surface area contributed by atoms with E-state index >= 15 is 0 Å². The zero-order chi connectivity index (χ0) is 31.5. The monoisotopic (exact) mass is 610 g/mol. The fourth-order valence-electron chi connectivity index (χ4n) is 6.29. The molecule has 0 bridgehead atoms. The molecule has 40 heavy (non-hydrogen) atoms. The standard InChI is InChI=1S/C14H22F6.C13H20F6O/c1-4-9(2)10-5-7-11(8-6-10)12(3,13(15,16)17)14(18,19)20;1-3-8(2)9-4-6-10(7-5-9)11(20,12(14,15)16)13(17,18)19/h9-11H,4-8H2,1-3H3;8-10,20H,3-7H2,1-2H3. The second-order valence-corrected chi connectivity index (χ2v) is 12.0. The van der Waals surface area contributed by atoms with Crippen molar-refractivity contribution in [2.45, 2.75) is 129 Å². The average Bonchev–Trinajstić information content (AvgIpc) is 2.84. The van der Waals surface area contributed by atoms with Crippen LogP contribution in [0.4, 0.5) is 52.7 Å². The van der Waals surface area contributed by atoms with Crippen molar-refractivity contribution < 1.29 is 57.8 Å². The van der Waals surface area contributed by atoms with E-state index in [1.807, 2.05) is 27.7 Å². The number of halogens is 12. The number of alkyl halides is 12. The van der Waals surface area contributed by atoms with Gasteiger partial charge < -0.3 is 5.11 Å². The minimum absolute atomic E-state index is 0.00449. The molecule has 0 saturated heterocycles. The molecular weight excluding hydrogens is 568 g/mol. The molecule has 0 aliphatic heterocycles. The maximum Gasteiger partial charge on any atom is 0.426 e. The first-order chi connectivity index (χ1) is 17.9. The Balaban J connectivity index is 0.000000400. The highest BCUT2D eigenvalue weighted by molar-refractivity contribution is 5.01. The van der Waals surface area contributed by atoms with E-state index in [4.69, 9.17) is 0 Å². The van der Waals surface area contributed by atoms with Crippen LogP contribution in [0, 0.1) is 40.9 Å². The van der Waals surface area contributed by atoms with Crippen LogP contribution in [0.5, 0.6) is 0 Å². The summed E-state index contributed by atoms with van der Waals surface area (Å²) in [4.78, 5) is 0. The van der Waals surface area contributed by atoms with Gasteiger partial charge in [0.15, 0.2) is 5.41 Å². The van der Waals surface area contributed by atoms with Crippen LogP contribution in [0.1, 0.15) is 98.8 Å². The third-order valence-corrected chi connectivity index (χ3v) is 9.89. The van der Waals surface area contributed by atoms with E-state index in [1.165, 1.54) is 0 Å². The lowest BCUT2D eigenvalue weighted by molar-refractivity contribution is -0.387. The average molecular weight is 611 g/mol.